The van der Waals surface area contributed by atoms with Gasteiger partial charge in [0.25, 0.3) is 0 Å². The molecule has 0 unspecified atom stereocenters. The molecule has 26 heavy (non-hydrogen) atoms. The third-order valence-electron chi connectivity index (χ3n) is 6.53. The SMILES string of the molecule is CCCCCN(C)[C@H]1[C@@H](CCC)Cc2ccc(OC)cc2[C@@]1(C)CCC. The average Bonchev–Trinajstić information content (AvgIpc) is 2.62. The second kappa shape index (κ2) is 9.78. The summed E-state index contributed by atoms with van der Waals surface area (Å²) in [5.74, 6) is 1.76. The monoisotopic (exact) mass is 359 g/mol. The standard InChI is InChI=1S/C24H41NO/c1-7-10-11-16-25(5)23-20(12-8-2)17-19-13-14-21(26-6)18-22(19)24(23,4)15-9-3/h13-14,18,20,23H,7-12,15-17H2,1-6H3/t20-,23-,24+/m0/s1. The van der Waals surface area contributed by atoms with Gasteiger partial charge in [-0.05, 0) is 68.5 Å². The lowest BCUT2D eigenvalue weighted by molar-refractivity contribution is 0.0724. The van der Waals surface area contributed by atoms with Gasteiger partial charge in [-0.3, -0.25) is 0 Å². The van der Waals surface area contributed by atoms with E-state index in [-0.39, 0.29) is 5.41 Å². The first kappa shape index (κ1) is 21.3. The Balaban J connectivity index is 2.44. The number of ether oxygens (including phenoxy) is 1. The third-order valence-corrected chi connectivity index (χ3v) is 6.53. The van der Waals surface area contributed by atoms with E-state index in [1.165, 1.54) is 57.9 Å². The first-order chi connectivity index (χ1) is 12.5. The minimum absolute atomic E-state index is 0.206. The smallest absolute Gasteiger partial charge is 0.119 e. The van der Waals surface area contributed by atoms with Crippen LogP contribution in [-0.2, 0) is 11.8 Å². The highest BCUT2D eigenvalue weighted by molar-refractivity contribution is 5.44. The van der Waals surface area contributed by atoms with Gasteiger partial charge in [-0.25, -0.2) is 0 Å². The predicted octanol–water partition coefficient (Wildman–Crippen LogP) is 6.22. The lowest BCUT2D eigenvalue weighted by Gasteiger charge is -2.51. The summed E-state index contributed by atoms with van der Waals surface area (Å²) < 4.78 is 5.59. The molecule has 0 N–H and O–H groups in total. The van der Waals surface area contributed by atoms with Gasteiger partial charge in [0, 0.05) is 11.5 Å². The van der Waals surface area contributed by atoms with E-state index in [2.05, 4.69) is 57.8 Å². The topological polar surface area (TPSA) is 12.5 Å². The Morgan fingerprint density at radius 2 is 1.88 bits per heavy atom. The molecule has 0 spiro atoms. The lowest BCUT2D eigenvalue weighted by atomic mass is 9.60. The van der Waals surface area contributed by atoms with Crippen molar-refractivity contribution in [2.45, 2.75) is 90.5 Å². The maximum Gasteiger partial charge on any atom is 0.119 e. The van der Waals surface area contributed by atoms with Crippen LogP contribution in [0.3, 0.4) is 0 Å². The van der Waals surface area contributed by atoms with Crippen LogP contribution >= 0.6 is 0 Å². The van der Waals surface area contributed by atoms with Crippen LogP contribution in [0, 0.1) is 5.92 Å². The molecule has 1 aliphatic carbocycles. The molecule has 0 aliphatic heterocycles. The third kappa shape index (κ3) is 4.44. The fourth-order valence-electron chi connectivity index (χ4n) is 5.50. The fraction of sp³-hybridized carbons (Fsp3) is 0.750. The summed E-state index contributed by atoms with van der Waals surface area (Å²) in [5.41, 5.74) is 3.30. The van der Waals surface area contributed by atoms with Crippen LogP contribution in [0.2, 0.25) is 0 Å². The van der Waals surface area contributed by atoms with E-state index in [0.29, 0.717) is 6.04 Å². The Bertz CT molecular complexity index is 555. The number of fused-ring (bicyclic) bond motifs is 1. The zero-order valence-corrected chi connectivity index (χ0v) is 18.1. The van der Waals surface area contributed by atoms with Crippen molar-refractivity contribution in [3.05, 3.63) is 29.3 Å². The number of likely N-dealkylation sites (N-methyl/N-ethyl adjacent to an activating group) is 1. The molecule has 0 heterocycles. The summed E-state index contributed by atoms with van der Waals surface area (Å²) in [6, 6.07) is 7.44. The maximum atomic E-state index is 5.59. The van der Waals surface area contributed by atoms with E-state index in [1.807, 2.05) is 0 Å². The number of nitrogens with zero attached hydrogens (tertiary/aromatic N) is 1. The van der Waals surface area contributed by atoms with Crippen molar-refractivity contribution >= 4 is 0 Å². The molecule has 0 bridgehead atoms. The molecule has 148 valence electrons. The Morgan fingerprint density at radius 1 is 1.12 bits per heavy atom. The number of hydrogen-bond acceptors (Lipinski definition) is 2. The summed E-state index contributed by atoms with van der Waals surface area (Å²) in [5, 5.41) is 0. The molecule has 0 saturated heterocycles. The Kier molecular flexibility index (Phi) is 8.01. The normalized spacial score (nSPS) is 25.3. The molecule has 2 nitrogen and oxygen atoms in total. The first-order valence-corrected chi connectivity index (χ1v) is 10.9. The van der Waals surface area contributed by atoms with Crippen LogP contribution in [0.25, 0.3) is 0 Å². The number of hydrogen-bond donors (Lipinski definition) is 0. The van der Waals surface area contributed by atoms with Gasteiger partial charge in [-0.1, -0.05) is 59.4 Å². The van der Waals surface area contributed by atoms with Gasteiger partial charge in [0.2, 0.25) is 0 Å². The van der Waals surface area contributed by atoms with E-state index in [0.717, 1.165) is 11.7 Å². The number of methoxy groups -OCH3 is 1. The molecule has 0 radical (unpaired) electrons. The lowest BCUT2D eigenvalue weighted by Crippen LogP contribution is -2.55. The molecule has 1 aromatic rings. The summed E-state index contributed by atoms with van der Waals surface area (Å²) in [6.45, 7) is 10.7. The fourth-order valence-corrected chi connectivity index (χ4v) is 5.50. The molecule has 2 heteroatoms. The van der Waals surface area contributed by atoms with Gasteiger partial charge in [0.05, 0.1) is 7.11 Å². The van der Waals surface area contributed by atoms with Crippen LogP contribution < -0.4 is 4.74 Å². The van der Waals surface area contributed by atoms with Crippen molar-refractivity contribution in [2.24, 2.45) is 5.92 Å². The minimum atomic E-state index is 0.206. The number of benzene rings is 1. The molecule has 0 amide bonds. The Hall–Kier alpha value is -1.02. The molecule has 0 aromatic heterocycles. The van der Waals surface area contributed by atoms with Crippen molar-refractivity contribution in [3.63, 3.8) is 0 Å². The van der Waals surface area contributed by atoms with E-state index < -0.39 is 0 Å². The van der Waals surface area contributed by atoms with Crippen LogP contribution in [0.1, 0.15) is 83.8 Å². The molecule has 3 atom stereocenters. The van der Waals surface area contributed by atoms with Crippen LogP contribution in [0.5, 0.6) is 5.75 Å². The largest absolute Gasteiger partial charge is 0.497 e. The highest BCUT2D eigenvalue weighted by Gasteiger charge is 2.46. The average molecular weight is 360 g/mol. The van der Waals surface area contributed by atoms with Gasteiger partial charge in [0.1, 0.15) is 5.75 Å². The molecule has 2 rings (SSSR count). The molecular formula is C24H41NO. The highest BCUT2D eigenvalue weighted by atomic mass is 16.5. The Morgan fingerprint density at radius 3 is 2.50 bits per heavy atom. The van der Waals surface area contributed by atoms with Gasteiger partial charge < -0.3 is 9.64 Å². The first-order valence-electron chi connectivity index (χ1n) is 10.9. The summed E-state index contributed by atoms with van der Waals surface area (Å²) in [6.07, 6.45) is 10.2. The second-order valence-electron chi connectivity index (χ2n) is 8.58. The van der Waals surface area contributed by atoms with Gasteiger partial charge in [0.15, 0.2) is 0 Å². The van der Waals surface area contributed by atoms with Crippen molar-refractivity contribution < 1.29 is 4.74 Å². The van der Waals surface area contributed by atoms with Crippen molar-refractivity contribution in [1.29, 1.82) is 0 Å². The highest BCUT2D eigenvalue weighted by Crippen LogP contribution is 2.47. The quantitative estimate of drug-likeness (QED) is 0.460. The van der Waals surface area contributed by atoms with Crippen LogP contribution in [0.4, 0.5) is 0 Å². The van der Waals surface area contributed by atoms with Gasteiger partial charge in [-0.15, -0.1) is 0 Å². The molecule has 0 saturated carbocycles. The van der Waals surface area contributed by atoms with Crippen LogP contribution in [0.15, 0.2) is 18.2 Å². The van der Waals surface area contributed by atoms with Crippen molar-refractivity contribution in [1.82, 2.24) is 4.90 Å². The van der Waals surface area contributed by atoms with Crippen molar-refractivity contribution in [3.8, 4) is 5.75 Å². The minimum Gasteiger partial charge on any atom is -0.497 e. The second-order valence-corrected chi connectivity index (χ2v) is 8.58. The Labute approximate surface area is 162 Å². The van der Waals surface area contributed by atoms with Crippen molar-refractivity contribution in [2.75, 3.05) is 20.7 Å². The van der Waals surface area contributed by atoms with E-state index in [1.54, 1.807) is 18.2 Å². The van der Waals surface area contributed by atoms with Crippen LogP contribution in [-0.4, -0.2) is 31.6 Å². The zero-order chi connectivity index (χ0) is 19.2. The maximum absolute atomic E-state index is 5.59. The zero-order valence-electron chi connectivity index (χ0n) is 18.1. The summed E-state index contributed by atoms with van der Waals surface area (Å²) in [4.78, 5) is 2.70. The van der Waals surface area contributed by atoms with Gasteiger partial charge >= 0.3 is 0 Å². The molecular weight excluding hydrogens is 318 g/mol. The summed E-state index contributed by atoms with van der Waals surface area (Å²) in [7, 11) is 4.16. The van der Waals surface area contributed by atoms with Gasteiger partial charge in [-0.2, -0.15) is 0 Å². The van der Waals surface area contributed by atoms with E-state index in [4.69, 9.17) is 4.74 Å². The molecule has 1 aromatic carbocycles. The van der Waals surface area contributed by atoms with E-state index in [9.17, 15) is 0 Å². The summed E-state index contributed by atoms with van der Waals surface area (Å²) >= 11 is 0. The van der Waals surface area contributed by atoms with E-state index >= 15 is 0 Å². The molecule has 1 aliphatic rings. The predicted molar refractivity (Wildman–Crippen MR) is 113 cm³/mol. The number of rotatable bonds is 10. The molecule has 0 fully saturated rings. The number of unbranched alkanes of at least 4 members (excludes halogenated alkanes) is 2.